The highest BCUT2D eigenvalue weighted by molar-refractivity contribution is 5.93. The summed E-state index contributed by atoms with van der Waals surface area (Å²) in [6.07, 6.45) is 3.91. The van der Waals surface area contributed by atoms with Crippen molar-refractivity contribution >= 4 is 11.9 Å². The van der Waals surface area contributed by atoms with Crippen LogP contribution in [0.4, 0.5) is 5.95 Å². The molecule has 0 aliphatic carbocycles. The normalized spacial score (nSPS) is 10.6. The highest BCUT2D eigenvalue weighted by Gasteiger charge is 2.14. The van der Waals surface area contributed by atoms with Crippen molar-refractivity contribution < 1.29 is 4.79 Å². The van der Waals surface area contributed by atoms with E-state index in [0.717, 1.165) is 13.0 Å². The molecule has 0 atom stereocenters. The van der Waals surface area contributed by atoms with Crippen LogP contribution in [-0.2, 0) is 0 Å². The predicted octanol–water partition coefficient (Wildman–Crippen LogP) is 3.86. The molecule has 5 nitrogen and oxygen atoms in total. The number of benzene rings is 2. The van der Waals surface area contributed by atoms with Gasteiger partial charge in [-0.3, -0.25) is 4.79 Å². The molecule has 2 N–H and O–H groups in total. The molecule has 5 heteroatoms. The van der Waals surface area contributed by atoms with Crippen molar-refractivity contribution in [2.24, 2.45) is 0 Å². The molecule has 0 fully saturated rings. The summed E-state index contributed by atoms with van der Waals surface area (Å²) in [5.41, 5.74) is 2.96. The Bertz CT molecular complexity index is 796. The van der Waals surface area contributed by atoms with Crippen LogP contribution in [0, 0.1) is 0 Å². The van der Waals surface area contributed by atoms with E-state index >= 15 is 0 Å². The maximum Gasteiger partial charge on any atom is 0.254 e. The molecule has 0 bridgehead atoms. The zero-order chi connectivity index (χ0) is 18.9. The van der Waals surface area contributed by atoms with E-state index in [4.69, 9.17) is 0 Å². The van der Waals surface area contributed by atoms with Crippen molar-refractivity contribution in [2.75, 3.05) is 18.4 Å². The highest BCUT2D eigenvalue weighted by Crippen LogP contribution is 2.27. The van der Waals surface area contributed by atoms with Crippen molar-refractivity contribution in [3.05, 3.63) is 89.7 Å². The summed E-state index contributed by atoms with van der Waals surface area (Å²) >= 11 is 0. The first-order valence-electron chi connectivity index (χ1n) is 9.22. The zero-order valence-corrected chi connectivity index (χ0v) is 15.4. The Morgan fingerprint density at radius 2 is 1.48 bits per heavy atom. The standard InChI is InChI=1S/C22H24N4O/c1-2-23-22-25-15-19(16-26-22)21(27)24-14-13-20(17-9-5-3-6-10-17)18-11-7-4-8-12-18/h3-12,15-16,20H,2,13-14H2,1H3,(H,24,27)(H,23,25,26). The van der Waals surface area contributed by atoms with Crippen molar-refractivity contribution in [2.45, 2.75) is 19.3 Å². The van der Waals surface area contributed by atoms with Gasteiger partial charge in [0.25, 0.3) is 5.91 Å². The molecule has 1 amide bonds. The van der Waals surface area contributed by atoms with Gasteiger partial charge in [-0.1, -0.05) is 60.7 Å². The molecular weight excluding hydrogens is 336 g/mol. The Balaban J connectivity index is 1.63. The SMILES string of the molecule is CCNc1ncc(C(=O)NCCC(c2ccccc2)c2ccccc2)cn1. The fourth-order valence-corrected chi connectivity index (χ4v) is 3.02. The van der Waals surface area contributed by atoms with E-state index in [1.807, 2.05) is 43.3 Å². The molecule has 2 aromatic carbocycles. The summed E-state index contributed by atoms with van der Waals surface area (Å²) < 4.78 is 0. The van der Waals surface area contributed by atoms with Crippen LogP contribution in [0.15, 0.2) is 73.1 Å². The molecule has 0 unspecified atom stereocenters. The molecule has 1 heterocycles. The molecule has 0 aliphatic rings. The molecule has 0 saturated carbocycles. The Labute approximate surface area is 159 Å². The maximum atomic E-state index is 12.4. The molecule has 138 valence electrons. The van der Waals surface area contributed by atoms with Gasteiger partial charge in [0.15, 0.2) is 0 Å². The van der Waals surface area contributed by atoms with Gasteiger partial charge in [0.05, 0.1) is 5.56 Å². The summed E-state index contributed by atoms with van der Waals surface area (Å²) in [5, 5.41) is 6.00. The van der Waals surface area contributed by atoms with Crippen LogP contribution in [0.3, 0.4) is 0 Å². The first kappa shape index (κ1) is 18.6. The lowest BCUT2D eigenvalue weighted by atomic mass is 9.88. The van der Waals surface area contributed by atoms with E-state index in [0.29, 0.717) is 18.1 Å². The van der Waals surface area contributed by atoms with Gasteiger partial charge < -0.3 is 10.6 Å². The minimum Gasteiger partial charge on any atom is -0.355 e. The zero-order valence-electron chi connectivity index (χ0n) is 15.4. The van der Waals surface area contributed by atoms with Gasteiger partial charge in [-0.25, -0.2) is 9.97 Å². The van der Waals surface area contributed by atoms with Gasteiger partial charge in [0.1, 0.15) is 0 Å². The third kappa shape index (κ3) is 5.14. The molecule has 3 rings (SSSR count). The first-order chi connectivity index (χ1) is 13.3. The number of nitrogens with zero attached hydrogens (tertiary/aromatic N) is 2. The van der Waals surface area contributed by atoms with Gasteiger partial charge in [-0.05, 0) is 24.5 Å². The Hall–Kier alpha value is -3.21. The molecule has 0 aliphatic heterocycles. The van der Waals surface area contributed by atoms with E-state index in [1.54, 1.807) is 12.4 Å². The van der Waals surface area contributed by atoms with Crippen LogP contribution >= 0.6 is 0 Å². The second-order valence-electron chi connectivity index (χ2n) is 6.24. The number of anilines is 1. The molecule has 0 saturated heterocycles. The van der Waals surface area contributed by atoms with Crippen LogP contribution in [0.5, 0.6) is 0 Å². The Morgan fingerprint density at radius 3 is 2.00 bits per heavy atom. The predicted molar refractivity (Wildman–Crippen MR) is 108 cm³/mol. The number of carbonyl (C=O) groups excluding carboxylic acids is 1. The van der Waals surface area contributed by atoms with Crippen molar-refractivity contribution in [3.8, 4) is 0 Å². The van der Waals surface area contributed by atoms with Crippen LogP contribution in [0.1, 0.15) is 40.7 Å². The monoisotopic (exact) mass is 360 g/mol. The number of aromatic nitrogens is 2. The number of amides is 1. The molecular formula is C22H24N4O. The van der Waals surface area contributed by atoms with E-state index in [9.17, 15) is 4.79 Å². The number of hydrogen-bond donors (Lipinski definition) is 2. The fourth-order valence-electron chi connectivity index (χ4n) is 3.02. The minimum absolute atomic E-state index is 0.155. The molecule has 0 radical (unpaired) electrons. The highest BCUT2D eigenvalue weighted by atomic mass is 16.1. The van der Waals surface area contributed by atoms with Crippen LogP contribution in [-0.4, -0.2) is 29.0 Å². The minimum atomic E-state index is -0.155. The number of nitrogens with one attached hydrogen (secondary N) is 2. The second-order valence-corrected chi connectivity index (χ2v) is 6.24. The van der Waals surface area contributed by atoms with E-state index < -0.39 is 0 Å². The van der Waals surface area contributed by atoms with Crippen molar-refractivity contribution in [1.29, 1.82) is 0 Å². The topological polar surface area (TPSA) is 66.9 Å². The molecule has 3 aromatic rings. The van der Waals surface area contributed by atoms with Gasteiger partial charge in [-0.2, -0.15) is 0 Å². The summed E-state index contributed by atoms with van der Waals surface area (Å²) in [4.78, 5) is 20.6. The summed E-state index contributed by atoms with van der Waals surface area (Å²) in [6, 6.07) is 20.8. The van der Waals surface area contributed by atoms with Crippen LogP contribution in [0.2, 0.25) is 0 Å². The Kier molecular flexibility index (Phi) is 6.52. The van der Waals surface area contributed by atoms with Crippen molar-refractivity contribution in [3.63, 3.8) is 0 Å². The van der Waals surface area contributed by atoms with Gasteiger partial charge in [0, 0.05) is 31.4 Å². The average molecular weight is 360 g/mol. The second kappa shape index (κ2) is 9.48. The smallest absolute Gasteiger partial charge is 0.254 e. The lowest BCUT2D eigenvalue weighted by molar-refractivity contribution is 0.0952. The van der Waals surface area contributed by atoms with Gasteiger partial charge in [-0.15, -0.1) is 0 Å². The van der Waals surface area contributed by atoms with Crippen molar-refractivity contribution in [1.82, 2.24) is 15.3 Å². The van der Waals surface area contributed by atoms with Crippen LogP contribution in [0.25, 0.3) is 0 Å². The third-order valence-corrected chi connectivity index (χ3v) is 4.37. The van der Waals surface area contributed by atoms with E-state index in [2.05, 4.69) is 44.9 Å². The van der Waals surface area contributed by atoms with Gasteiger partial charge in [0.2, 0.25) is 5.95 Å². The van der Waals surface area contributed by atoms with Crippen LogP contribution < -0.4 is 10.6 Å². The first-order valence-corrected chi connectivity index (χ1v) is 9.22. The third-order valence-electron chi connectivity index (χ3n) is 4.37. The quantitative estimate of drug-likeness (QED) is 0.640. The molecule has 0 spiro atoms. The molecule has 27 heavy (non-hydrogen) atoms. The number of hydrogen-bond acceptors (Lipinski definition) is 4. The van der Waals surface area contributed by atoms with Gasteiger partial charge >= 0.3 is 0 Å². The van der Waals surface area contributed by atoms with E-state index in [1.165, 1.54) is 11.1 Å². The van der Waals surface area contributed by atoms with E-state index in [-0.39, 0.29) is 11.8 Å². The fraction of sp³-hybridized carbons (Fsp3) is 0.227. The molecule has 1 aromatic heterocycles. The lowest BCUT2D eigenvalue weighted by Gasteiger charge is -2.18. The lowest BCUT2D eigenvalue weighted by Crippen LogP contribution is -2.26. The average Bonchev–Trinajstić information content (AvgIpc) is 2.73. The summed E-state index contributed by atoms with van der Waals surface area (Å²) in [5.74, 6) is 0.611. The maximum absolute atomic E-state index is 12.4. The number of carbonyl (C=O) groups is 1. The summed E-state index contributed by atoms with van der Waals surface area (Å²) in [7, 11) is 0. The largest absolute Gasteiger partial charge is 0.355 e. The summed E-state index contributed by atoms with van der Waals surface area (Å²) in [6.45, 7) is 3.29. The Morgan fingerprint density at radius 1 is 0.926 bits per heavy atom. The number of rotatable bonds is 8.